The molecule has 0 radical (unpaired) electrons. The van der Waals surface area contributed by atoms with Crippen molar-refractivity contribution in [2.45, 2.75) is 25.7 Å². The van der Waals surface area contributed by atoms with E-state index in [-0.39, 0.29) is 5.75 Å². The predicted octanol–water partition coefficient (Wildman–Crippen LogP) is 1.82. The fraction of sp³-hybridized carbons (Fsp3) is 0.583. The largest absolute Gasteiger partial charge is 0.506 e. The number of hydrogen-bond donors (Lipinski definition) is 1. The lowest BCUT2D eigenvalue weighted by molar-refractivity contribution is 0.231. The molecule has 15 heavy (non-hydrogen) atoms. The Kier molecular flexibility index (Phi) is 3.56. The van der Waals surface area contributed by atoms with Crippen LogP contribution in [0.3, 0.4) is 0 Å². The second-order valence-corrected chi connectivity index (χ2v) is 4.16. The lowest BCUT2D eigenvalue weighted by Crippen LogP contribution is -2.31. The third-order valence-corrected chi connectivity index (χ3v) is 2.94. The van der Waals surface area contributed by atoms with Crippen molar-refractivity contribution in [3.05, 3.63) is 24.0 Å². The summed E-state index contributed by atoms with van der Waals surface area (Å²) in [6, 6.07) is 3.61. The van der Waals surface area contributed by atoms with E-state index in [2.05, 4.69) is 9.88 Å². The highest BCUT2D eigenvalue weighted by Crippen LogP contribution is 2.10. The first kappa shape index (κ1) is 10.4. The van der Waals surface area contributed by atoms with Crippen LogP contribution in [0.25, 0.3) is 0 Å². The molecule has 0 bridgehead atoms. The Morgan fingerprint density at radius 2 is 2.00 bits per heavy atom. The van der Waals surface area contributed by atoms with Crippen LogP contribution in [0, 0.1) is 0 Å². The second kappa shape index (κ2) is 5.12. The van der Waals surface area contributed by atoms with E-state index in [1.807, 2.05) is 6.07 Å². The van der Waals surface area contributed by atoms with Crippen LogP contribution in [0.15, 0.2) is 18.3 Å². The van der Waals surface area contributed by atoms with E-state index in [1.54, 1.807) is 6.07 Å². The van der Waals surface area contributed by atoms with Crippen LogP contribution in [0.2, 0.25) is 0 Å². The highest BCUT2D eigenvalue weighted by Gasteiger charge is 2.09. The minimum absolute atomic E-state index is 0.247. The summed E-state index contributed by atoms with van der Waals surface area (Å²) < 4.78 is 0. The third kappa shape index (κ3) is 3.20. The molecule has 1 N–H and O–H groups in total. The number of nitrogens with zero attached hydrogens (tertiary/aromatic N) is 2. The van der Waals surface area contributed by atoms with E-state index < -0.39 is 0 Å². The van der Waals surface area contributed by atoms with Crippen molar-refractivity contribution in [3.63, 3.8) is 0 Å². The van der Waals surface area contributed by atoms with Gasteiger partial charge in [-0.25, -0.2) is 0 Å². The average Bonchev–Trinajstić information content (AvgIpc) is 2.30. The van der Waals surface area contributed by atoms with Gasteiger partial charge >= 0.3 is 0 Å². The molecule has 2 rings (SSSR count). The maximum Gasteiger partial charge on any atom is 0.133 e. The van der Waals surface area contributed by atoms with Crippen molar-refractivity contribution in [1.29, 1.82) is 0 Å². The number of hydrogen-bond acceptors (Lipinski definition) is 3. The minimum atomic E-state index is 0.247. The molecule has 1 aromatic rings. The molecule has 2 heterocycles. The Hall–Kier alpha value is -1.09. The smallest absolute Gasteiger partial charge is 0.133 e. The van der Waals surface area contributed by atoms with Gasteiger partial charge in [-0.1, -0.05) is 6.42 Å². The maximum absolute atomic E-state index is 9.10. The van der Waals surface area contributed by atoms with Crippen molar-refractivity contribution in [1.82, 2.24) is 9.88 Å². The van der Waals surface area contributed by atoms with Crippen molar-refractivity contribution in [3.8, 4) is 5.75 Å². The number of aromatic hydroxyl groups is 1. The number of likely N-dealkylation sites (tertiary alicyclic amines) is 1. The van der Waals surface area contributed by atoms with Gasteiger partial charge in [-0.05, 0) is 38.1 Å². The molecule has 1 aromatic heterocycles. The summed E-state index contributed by atoms with van der Waals surface area (Å²) in [6.45, 7) is 3.56. The Balaban J connectivity index is 1.79. The normalized spacial score (nSPS) is 17.9. The Morgan fingerprint density at radius 3 is 2.67 bits per heavy atom. The monoisotopic (exact) mass is 206 g/mol. The van der Waals surface area contributed by atoms with Gasteiger partial charge in [-0.3, -0.25) is 4.98 Å². The van der Waals surface area contributed by atoms with Gasteiger partial charge in [-0.15, -0.1) is 0 Å². The van der Waals surface area contributed by atoms with Crippen molar-refractivity contribution < 1.29 is 5.11 Å². The Bertz CT molecular complexity index is 291. The van der Waals surface area contributed by atoms with Crippen LogP contribution < -0.4 is 0 Å². The summed E-state index contributed by atoms with van der Waals surface area (Å²) in [7, 11) is 0. The van der Waals surface area contributed by atoms with Crippen molar-refractivity contribution >= 4 is 0 Å². The number of rotatable bonds is 3. The predicted molar refractivity (Wildman–Crippen MR) is 59.9 cm³/mol. The summed E-state index contributed by atoms with van der Waals surface area (Å²) in [4.78, 5) is 6.68. The second-order valence-electron chi connectivity index (χ2n) is 4.16. The van der Waals surface area contributed by atoms with Gasteiger partial charge in [-0.2, -0.15) is 0 Å². The summed E-state index contributed by atoms with van der Waals surface area (Å²) in [5.74, 6) is 0.247. The molecular formula is C12H18N2O. The van der Waals surface area contributed by atoms with Crippen LogP contribution in [-0.2, 0) is 6.42 Å². The molecule has 1 fully saturated rings. The first-order chi connectivity index (χ1) is 7.34. The first-order valence-electron chi connectivity index (χ1n) is 5.71. The van der Waals surface area contributed by atoms with E-state index in [0.717, 1.165) is 18.7 Å². The van der Waals surface area contributed by atoms with Crippen LogP contribution in [0.5, 0.6) is 5.75 Å². The van der Waals surface area contributed by atoms with E-state index in [4.69, 9.17) is 5.11 Å². The topological polar surface area (TPSA) is 36.4 Å². The fourth-order valence-electron chi connectivity index (χ4n) is 2.02. The highest BCUT2D eigenvalue weighted by atomic mass is 16.3. The molecule has 1 aliphatic heterocycles. The van der Waals surface area contributed by atoms with Crippen LogP contribution in [0.1, 0.15) is 25.0 Å². The van der Waals surface area contributed by atoms with Gasteiger partial charge in [0.1, 0.15) is 5.75 Å². The Labute approximate surface area is 90.8 Å². The van der Waals surface area contributed by atoms with E-state index in [1.165, 1.54) is 38.5 Å². The SMILES string of the molecule is Oc1ccc(CCN2CCCCC2)nc1. The zero-order chi connectivity index (χ0) is 10.5. The summed E-state index contributed by atoms with van der Waals surface area (Å²) >= 11 is 0. The molecule has 82 valence electrons. The number of pyridine rings is 1. The number of aromatic nitrogens is 1. The third-order valence-electron chi connectivity index (χ3n) is 2.94. The fourth-order valence-corrected chi connectivity index (χ4v) is 2.02. The Morgan fingerprint density at radius 1 is 1.20 bits per heavy atom. The number of piperidine rings is 1. The first-order valence-corrected chi connectivity index (χ1v) is 5.71. The molecule has 0 unspecified atom stereocenters. The molecule has 0 aromatic carbocycles. The standard InChI is InChI=1S/C12H18N2O/c15-12-5-4-11(13-10-12)6-9-14-7-2-1-3-8-14/h4-5,10,15H,1-3,6-9H2. The molecule has 0 aliphatic carbocycles. The van der Waals surface area contributed by atoms with Gasteiger partial charge in [0.15, 0.2) is 0 Å². The molecule has 3 nitrogen and oxygen atoms in total. The molecule has 1 aliphatic rings. The van der Waals surface area contributed by atoms with Gasteiger partial charge < -0.3 is 10.0 Å². The lowest BCUT2D eigenvalue weighted by Gasteiger charge is -2.26. The molecule has 0 atom stereocenters. The summed E-state index contributed by atoms with van der Waals surface area (Å²) in [6.07, 6.45) is 6.56. The molecule has 1 saturated heterocycles. The average molecular weight is 206 g/mol. The molecule has 0 spiro atoms. The van der Waals surface area contributed by atoms with Gasteiger partial charge in [0.25, 0.3) is 0 Å². The van der Waals surface area contributed by atoms with Gasteiger partial charge in [0.05, 0.1) is 6.20 Å². The zero-order valence-corrected chi connectivity index (χ0v) is 9.02. The van der Waals surface area contributed by atoms with Crippen LogP contribution in [0.4, 0.5) is 0 Å². The van der Waals surface area contributed by atoms with Gasteiger partial charge in [0.2, 0.25) is 0 Å². The van der Waals surface area contributed by atoms with E-state index in [9.17, 15) is 0 Å². The summed E-state index contributed by atoms with van der Waals surface area (Å²) in [5, 5.41) is 9.10. The zero-order valence-electron chi connectivity index (χ0n) is 9.02. The van der Waals surface area contributed by atoms with Crippen molar-refractivity contribution in [2.24, 2.45) is 0 Å². The van der Waals surface area contributed by atoms with Crippen molar-refractivity contribution in [2.75, 3.05) is 19.6 Å². The molecular weight excluding hydrogens is 188 g/mol. The molecule has 0 amide bonds. The maximum atomic E-state index is 9.10. The minimum Gasteiger partial charge on any atom is -0.506 e. The lowest BCUT2D eigenvalue weighted by atomic mass is 10.1. The van der Waals surface area contributed by atoms with Crippen LogP contribution >= 0.6 is 0 Å². The van der Waals surface area contributed by atoms with Gasteiger partial charge in [0, 0.05) is 18.7 Å². The molecule has 3 heteroatoms. The highest BCUT2D eigenvalue weighted by molar-refractivity contribution is 5.18. The van der Waals surface area contributed by atoms with E-state index in [0.29, 0.717) is 0 Å². The summed E-state index contributed by atoms with van der Waals surface area (Å²) in [5.41, 5.74) is 1.07. The van der Waals surface area contributed by atoms with Crippen LogP contribution in [-0.4, -0.2) is 34.6 Å². The quantitative estimate of drug-likeness (QED) is 0.819. The van der Waals surface area contributed by atoms with E-state index >= 15 is 0 Å². The molecule has 0 saturated carbocycles.